The predicted octanol–water partition coefficient (Wildman–Crippen LogP) is 3.37. The summed E-state index contributed by atoms with van der Waals surface area (Å²) in [5, 5.41) is 20.9. The average Bonchev–Trinajstić information content (AvgIpc) is 2.97. The van der Waals surface area contributed by atoms with Crippen LogP contribution in [-0.2, 0) is 21.2 Å². The molecule has 14 heteroatoms. The Kier molecular flexibility index (Phi) is 15.2. The maximum Gasteiger partial charge on any atom is 0.253 e. The van der Waals surface area contributed by atoms with Gasteiger partial charge in [-0.2, -0.15) is 0 Å². The van der Waals surface area contributed by atoms with Crippen LogP contribution in [0.25, 0.3) is 0 Å². The van der Waals surface area contributed by atoms with Crippen molar-refractivity contribution in [2.45, 2.75) is 83.8 Å². The first-order chi connectivity index (χ1) is 21.6. The van der Waals surface area contributed by atoms with E-state index in [0.717, 1.165) is 30.7 Å². The molecule has 0 aromatic heterocycles. The summed E-state index contributed by atoms with van der Waals surface area (Å²) in [7, 11) is -4.34. The molecule has 0 radical (unpaired) electrons. The molecule has 2 aromatic carbocycles. The molecule has 46 heavy (non-hydrogen) atoms. The summed E-state index contributed by atoms with van der Waals surface area (Å²) in [6.45, 7) is 10.2. The maximum absolute atomic E-state index is 14.1. The minimum absolute atomic E-state index is 0.0648. The van der Waals surface area contributed by atoms with E-state index in [4.69, 9.17) is 5.14 Å². The zero-order chi connectivity index (χ0) is 34.6. The van der Waals surface area contributed by atoms with Gasteiger partial charge in [-0.3, -0.25) is 19.8 Å². The van der Waals surface area contributed by atoms with Crippen LogP contribution in [-0.4, -0.2) is 79.5 Å². The van der Waals surface area contributed by atoms with E-state index in [0.29, 0.717) is 45.0 Å². The first-order valence-corrected chi connectivity index (χ1v) is 17.1. The van der Waals surface area contributed by atoms with Gasteiger partial charge in [0.25, 0.3) is 11.8 Å². The zero-order valence-electron chi connectivity index (χ0n) is 27.2. The molecule has 256 valence electrons. The number of sulfonamides is 1. The van der Waals surface area contributed by atoms with E-state index in [1.807, 2.05) is 20.8 Å². The number of unbranched alkanes of at least 4 members (excludes halogenated alkanes) is 1. The summed E-state index contributed by atoms with van der Waals surface area (Å²) in [6.07, 6.45) is 1.20. The molecule has 0 aliphatic carbocycles. The van der Waals surface area contributed by atoms with Crippen molar-refractivity contribution in [2.24, 2.45) is 11.1 Å². The molecule has 3 amide bonds. The topological polar surface area (TPSA) is 162 Å². The number of nitrogens with one attached hydrogen (secondary N) is 2. The molecule has 0 spiro atoms. The molecule has 0 bridgehead atoms. The normalized spacial score (nSPS) is 13.0. The molecule has 0 aliphatic rings. The standard InChI is InChI=1S/C32H47F2N5O6S/c1-6-9-12-39(37-30(41)21(4)5)20-29(40)28(15-22-13-25(33)19-26(34)14-22)36-31(42)23-16-24(18-27(17-23)46(35,44)45)32(43)38(10-7-2)11-8-3/h13-14,16-19,21,28-29,40H,6-12,15,20H2,1-5H3,(H,36,42)(H,37,41)(H2,35,44,45). The molecule has 0 heterocycles. The largest absolute Gasteiger partial charge is 0.390 e. The number of nitrogens with zero attached hydrogens (tertiary/aromatic N) is 2. The van der Waals surface area contributed by atoms with Gasteiger partial charge in [-0.15, -0.1) is 0 Å². The Labute approximate surface area is 270 Å². The van der Waals surface area contributed by atoms with Gasteiger partial charge in [-0.1, -0.05) is 41.0 Å². The second-order valence-electron chi connectivity index (χ2n) is 11.6. The van der Waals surface area contributed by atoms with E-state index in [1.54, 1.807) is 18.7 Å². The lowest BCUT2D eigenvalue weighted by atomic mass is 9.99. The Morgan fingerprint density at radius 2 is 1.48 bits per heavy atom. The number of amides is 3. The molecule has 2 aromatic rings. The SMILES string of the molecule is CCCCN(CC(O)C(Cc1cc(F)cc(F)c1)NC(=O)c1cc(C(=O)N(CCC)CCC)cc(S(N)(=O)=O)c1)NC(=O)C(C)C. The summed E-state index contributed by atoms with van der Waals surface area (Å²) in [4.78, 5) is 40.6. The Morgan fingerprint density at radius 1 is 0.891 bits per heavy atom. The summed E-state index contributed by atoms with van der Waals surface area (Å²) in [5.41, 5.74) is 2.61. The minimum atomic E-state index is -4.34. The monoisotopic (exact) mass is 667 g/mol. The fraction of sp³-hybridized carbons (Fsp3) is 0.531. The molecular formula is C32H47F2N5O6S. The second-order valence-corrected chi connectivity index (χ2v) is 13.2. The Bertz CT molecular complexity index is 1430. The van der Waals surface area contributed by atoms with Crippen molar-refractivity contribution in [1.82, 2.24) is 20.7 Å². The van der Waals surface area contributed by atoms with E-state index >= 15 is 0 Å². The van der Waals surface area contributed by atoms with Crippen LogP contribution in [0.1, 0.15) is 86.6 Å². The van der Waals surface area contributed by atoms with Gasteiger partial charge in [-0.05, 0) is 61.6 Å². The summed E-state index contributed by atoms with van der Waals surface area (Å²) < 4.78 is 52.9. The van der Waals surface area contributed by atoms with E-state index in [2.05, 4.69) is 10.7 Å². The highest BCUT2D eigenvalue weighted by molar-refractivity contribution is 7.89. The zero-order valence-corrected chi connectivity index (χ0v) is 28.0. The van der Waals surface area contributed by atoms with Crippen molar-refractivity contribution in [3.8, 4) is 0 Å². The number of hydrazine groups is 1. The molecule has 0 aliphatic heterocycles. The maximum atomic E-state index is 14.1. The van der Waals surface area contributed by atoms with Crippen LogP contribution in [0.15, 0.2) is 41.3 Å². The highest BCUT2D eigenvalue weighted by Crippen LogP contribution is 2.19. The minimum Gasteiger partial charge on any atom is -0.390 e. The third kappa shape index (κ3) is 12.0. The number of rotatable bonds is 18. The molecule has 2 atom stereocenters. The van der Waals surface area contributed by atoms with Crippen LogP contribution in [0.3, 0.4) is 0 Å². The average molecular weight is 668 g/mol. The Morgan fingerprint density at radius 3 is 2.00 bits per heavy atom. The molecule has 0 fully saturated rings. The van der Waals surface area contributed by atoms with Crippen LogP contribution in [0.5, 0.6) is 0 Å². The molecule has 0 saturated heterocycles. The first-order valence-electron chi connectivity index (χ1n) is 15.6. The second kappa shape index (κ2) is 18.0. The quantitative estimate of drug-likeness (QED) is 0.177. The number of nitrogens with two attached hydrogens (primary N) is 1. The number of primary sulfonamides is 1. The lowest BCUT2D eigenvalue weighted by Crippen LogP contribution is -2.54. The number of hydrogen-bond donors (Lipinski definition) is 4. The Balaban J connectivity index is 2.52. The van der Waals surface area contributed by atoms with Gasteiger partial charge in [0.1, 0.15) is 11.6 Å². The van der Waals surface area contributed by atoms with Gasteiger partial charge in [0.05, 0.1) is 17.0 Å². The van der Waals surface area contributed by atoms with Crippen LogP contribution in [0.4, 0.5) is 8.78 Å². The number of benzene rings is 2. The third-order valence-electron chi connectivity index (χ3n) is 7.16. The smallest absolute Gasteiger partial charge is 0.253 e. The number of aliphatic hydroxyl groups excluding tert-OH is 1. The van der Waals surface area contributed by atoms with Crippen molar-refractivity contribution in [2.75, 3.05) is 26.2 Å². The van der Waals surface area contributed by atoms with Crippen molar-refractivity contribution in [3.05, 3.63) is 64.7 Å². The van der Waals surface area contributed by atoms with Crippen molar-refractivity contribution in [3.63, 3.8) is 0 Å². The van der Waals surface area contributed by atoms with E-state index in [9.17, 15) is 36.7 Å². The lowest BCUT2D eigenvalue weighted by molar-refractivity contribution is -0.129. The first kappa shape index (κ1) is 38.7. The fourth-order valence-corrected chi connectivity index (χ4v) is 5.34. The molecule has 2 unspecified atom stereocenters. The highest BCUT2D eigenvalue weighted by atomic mass is 32.2. The number of halogens is 2. The van der Waals surface area contributed by atoms with Crippen molar-refractivity contribution < 1.29 is 36.7 Å². The molecular weight excluding hydrogens is 620 g/mol. The van der Waals surface area contributed by atoms with Gasteiger partial charge >= 0.3 is 0 Å². The van der Waals surface area contributed by atoms with Crippen LogP contribution >= 0.6 is 0 Å². The van der Waals surface area contributed by atoms with Crippen molar-refractivity contribution in [1.29, 1.82) is 0 Å². The van der Waals surface area contributed by atoms with E-state index < -0.39 is 50.5 Å². The summed E-state index contributed by atoms with van der Waals surface area (Å²) in [6, 6.07) is 5.04. The summed E-state index contributed by atoms with van der Waals surface area (Å²) in [5.74, 6) is -3.67. The van der Waals surface area contributed by atoms with Gasteiger partial charge in [0, 0.05) is 49.3 Å². The number of aliphatic hydroxyl groups is 1. The van der Waals surface area contributed by atoms with Gasteiger partial charge in [0.15, 0.2) is 0 Å². The third-order valence-corrected chi connectivity index (χ3v) is 8.05. The fourth-order valence-electron chi connectivity index (χ4n) is 4.75. The highest BCUT2D eigenvalue weighted by Gasteiger charge is 2.28. The number of carbonyl (C=O) groups is 3. The molecule has 0 saturated carbocycles. The van der Waals surface area contributed by atoms with Crippen molar-refractivity contribution >= 4 is 27.7 Å². The van der Waals surface area contributed by atoms with Crippen LogP contribution in [0.2, 0.25) is 0 Å². The van der Waals surface area contributed by atoms with E-state index in [1.165, 1.54) is 11.1 Å². The number of hydrogen-bond acceptors (Lipinski definition) is 7. The van der Waals surface area contributed by atoms with Crippen LogP contribution in [0, 0.1) is 17.6 Å². The van der Waals surface area contributed by atoms with Crippen LogP contribution < -0.4 is 15.9 Å². The lowest BCUT2D eigenvalue weighted by Gasteiger charge is -2.31. The predicted molar refractivity (Wildman–Crippen MR) is 171 cm³/mol. The van der Waals surface area contributed by atoms with E-state index in [-0.39, 0.29) is 41.5 Å². The summed E-state index contributed by atoms with van der Waals surface area (Å²) >= 11 is 0. The van der Waals surface area contributed by atoms with Gasteiger partial charge < -0.3 is 15.3 Å². The van der Waals surface area contributed by atoms with Gasteiger partial charge in [0.2, 0.25) is 15.9 Å². The van der Waals surface area contributed by atoms with Gasteiger partial charge in [-0.25, -0.2) is 27.3 Å². The molecule has 2 rings (SSSR count). The molecule has 5 N–H and O–H groups in total. The molecule has 11 nitrogen and oxygen atoms in total. The number of carbonyl (C=O) groups excluding carboxylic acids is 3. The Hall–Kier alpha value is -3.46.